The zero-order chi connectivity index (χ0) is 13.9. The SMILES string of the molecule is COc1ccc(OCc2c[nH]c3ccc(C)cc23)cc1. The predicted octanol–water partition coefficient (Wildman–Crippen LogP) is 4.06. The predicted molar refractivity (Wildman–Crippen MR) is 80.4 cm³/mol. The molecule has 0 unspecified atom stereocenters. The molecule has 102 valence electrons. The van der Waals surface area contributed by atoms with Crippen LogP contribution in [0, 0.1) is 6.92 Å². The van der Waals surface area contributed by atoms with Crippen molar-refractivity contribution in [2.45, 2.75) is 13.5 Å². The van der Waals surface area contributed by atoms with Crippen LogP contribution in [0.15, 0.2) is 48.7 Å². The lowest BCUT2D eigenvalue weighted by molar-refractivity contribution is 0.307. The summed E-state index contributed by atoms with van der Waals surface area (Å²) in [5.41, 5.74) is 3.56. The first kappa shape index (κ1) is 12.6. The van der Waals surface area contributed by atoms with E-state index in [-0.39, 0.29) is 0 Å². The maximum atomic E-state index is 5.82. The van der Waals surface area contributed by atoms with Gasteiger partial charge in [-0.25, -0.2) is 0 Å². The van der Waals surface area contributed by atoms with E-state index >= 15 is 0 Å². The minimum absolute atomic E-state index is 0.551. The first-order valence-electron chi connectivity index (χ1n) is 6.60. The number of hydrogen-bond donors (Lipinski definition) is 1. The van der Waals surface area contributed by atoms with Crippen molar-refractivity contribution >= 4 is 10.9 Å². The molecule has 3 heteroatoms. The van der Waals surface area contributed by atoms with Gasteiger partial charge in [0.2, 0.25) is 0 Å². The van der Waals surface area contributed by atoms with Crippen LogP contribution >= 0.6 is 0 Å². The largest absolute Gasteiger partial charge is 0.497 e. The molecular formula is C17H17NO2. The van der Waals surface area contributed by atoms with E-state index in [1.165, 1.54) is 16.5 Å². The number of fused-ring (bicyclic) bond motifs is 1. The Bertz CT molecular complexity index is 713. The molecular weight excluding hydrogens is 250 g/mol. The summed E-state index contributed by atoms with van der Waals surface area (Å²) in [4.78, 5) is 3.27. The molecule has 0 bridgehead atoms. The van der Waals surface area contributed by atoms with Gasteiger partial charge < -0.3 is 14.5 Å². The van der Waals surface area contributed by atoms with Crippen molar-refractivity contribution in [1.29, 1.82) is 0 Å². The molecule has 20 heavy (non-hydrogen) atoms. The van der Waals surface area contributed by atoms with Crippen molar-refractivity contribution in [2.75, 3.05) is 7.11 Å². The summed E-state index contributed by atoms with van der Waals surface area (Å²) in [7, 11) is 1.66. The molecule has 1 heterocycles. The lowest BCUT2D eigenvalue weighted by Gasteiger charge is -2.06. The second-order valence-corrected chi connectivity index (χ2v) is 4.83. The zero-order valence-electron chi connectivity index (χ0n) is 11.6. The molecule has 0 saturated heterocycles. The van der Waals surface area contributed by atoms with Crippen LogP contribution in [-0.4, -0.2) is 12.1 Å². The number of nitrogens with one attached hydrogen (secondary N) is 1. The van der Waals surface area contributed by atoms with Gasteiger partial charge in [-0.3, -0.25) is 0 Å². The van der Waals surface area contributed by atoms with Gasteiger partial charge in [-0.2, -0.15) is 0 Å². The summed E-state index contributed by atoms with van der Waals surface area (Å²) < 4.78 is 11.0. The molecule has 0 saturated carbocycles. The van der Waals surface area contributed by atoms with Crippen LogP contribution in [0.5, 0.6) is 11.5 Å². The van der Waals surface area contributed by atoms with Gasteiger partial charge in [-0.1, -0.05) is 11.6 Å². The number of aryl methyl sites for hydroxylation is 1. The lowest BCUT2D eigenvalue weighted by Crippen LogP contribution is -1.94. The third-order valence-electron chi connectivity index (χ3n) is 3.38. The van der Waals surface area contributed by atoms with Gasteiger partial charge in [-0.05, 0) is 43.3 Å². The van der Waals surface area contributed by atoms with Gasteiger partial charge in [0.1, 0.15) is 18.1 Å². The first-order valence-corrected chi connectivity index (χ1v) is 6.60. The van der Waals surface area contributed by atoms with Crippen molar-refractivity contribution in [1.82, 2.24) is 4.98 Å². The van der Waals surface area contributed by atoms with Crippen molar-refractivity contribution in [3.63, 3.8) is 0 Å². The molecule has 2 aromatic carbocycles. The molecule has 0 aliphatic carbocycles. The van der Waals surface area contributed by atoms with E-state index in [1.807, 2.05) is 30.5 Å². The Morgan fingerprint density at radius 3 is 2.50 bits per heavy atom. The van der Waals surface area contributed by atoms with Gasteiger partial charge in [-0.15, -0.1) is 0 Å². The Morgan fingerprint density at radius 1 is 1.00 bits per heavy atom. The van der Waals surface area contributed by atoms with Crippen LogP contribution in [0.3, 0.4) is 0 Å². The Kier molecular flexibility index (Phi) is 3.33. The number of benzene rings is 2. The first-order chi connectivity index (χ1) is 9.76. The number of aromatic amines is 1. The fourth-order valence-corrected chi connectivity index (χ4v) is 2.24. The highest BCUT2D eigenvalue weighted by Crippen LogP contribution is 2.22. The van der Waals surface area contributed by atoms with Crippen molar-refractivity contribution < 1.29 is 9.47 Å². The molecule has 3 rings (SSSR count). The van der Waals surface area contributed by atoms with E-state index in [4.69, 9.17) is 9.47 Å². The lowest BCUT2D eigenvalue weighted by atomic mass is 10.1. The number of methoxy groups -OCH3 is 1. The van der Waals surface area contributed by atoms with Gasteiger partial charge in [0.05, 0.1) is 7.11 Å². The molecule has 0 aliphatic heterocycles. The summed E-state index contributed by atoms with van der Waals surface area (Å²) in [6, 6.07) is 14.0. The Morgan fingerprint density at radius 2 is 1.75 bits per heavy atom. The molecule has 0 atom stereocenters. The van der Waals surface area contributed by atoms with Crippen LogP contribution in [0.4, 0.5) is 0 Å². The molecule has 0 spiro atoms. The second kappa shape index (κ2) is 5.29. The molecule has 0 fully saturated rings. The van der Waals surface area contributed by atoms with E-state index in [1.54, 1.807) is 7.11 Å². The van der Waals surface area contributed by atoms with Crippen molar-refractivity contribution in [2.24, 2.45) is 0 Å². The molecule has 0 amide bonds. The van der Waals surface area contributed by atoms with Gasteiger partial charge in [0.25, 0.3) is 0 Å². The van der Waals surface area contributed by atoms with Crippen molar-refractivity contribution in [3.05, 3.63) is 59.8 Å². The smallest absolute Gasteiger partial charge is 0.120 e. The monoisotopic (exact) mass is 267 g/mol. The third kappa shape index (κ3) is 2.48. The van der Waals surface area contributed by atoms with Crippen LogP contribution in [0.25, 0.3) is 10.9 Å². The fourth-order valence-electron chi connectivity index (χ4n) is 2.24. The maximum Gasteiger partial charge on any atom is 0.120 e. The highest BCUT2D eigenvalue weighted by molar-refractivity contribution is 5.83. The minimum atomic E-state index is 0.551. The van der Waals surface area contributed by atoms with Gasteiger partial charge in [0.15, 0.2) is 0 Å². The van der Waals surface area contributed by atoms with Crippen LogP contribution < -0.4 is 9.47 Å². The van der Waals surface area contributed by atoms with E-state index < -0.39 is 0 Å². The Balaban J connectivity index is 1.77. The molecule has 0 radical (unpaired) electrons. The average molecular weight is 267 g/mol. The number of ether oxygens (including phenoxy) is 2. The van der Waals surface area contributed by atoms with E-state index in [9.17, 15) is 0 Å². The van der Waals surface area contributed by atoms with Crippen LogP contribution in [0.2, 0.25) is 0 Å². The Labute approximate surface area is 118 Å². The quantitative estimate of drug-likeness (QED) is 0.773. The average Bonchev–Trinajstić information content (AvgIpc) is 2.88. The highest BCUT2D eigenvalue weighted by Gasteiger charge is 2.04. The topological polar surface area (TPSA) is 34.2 Å². The summed E-state index contributed by atoms with van der Waals surface area (Å²) in [5, 5.41) is 1.22. The number of H-pyrrole nitrogens is 1. The normalized spacial score (nSPS) is 10.7. The Hall–Kier alpha value is -2.42. The fraction of sp³-hybridized carbons (Fsp3) is 0.176. The van der Waals surface area contributed by atoms with E-state index in [0.717, 1.165) is 17.0 Å². The number of rotatable bonds is 4. The van der Waals surface area contributed by atoms with Crippen LogP contribution in [0.1, 0.15) is 11.1 Å². The van der Waals surface area contributed by atoms with E-state index in [0.29, 0.717) is 6.61 Å². The van der Waals surface area contributed by atoms with Crippen molar-refractivity contribution in [3.8, 4) is 11.5 Å². The standard InChI is InChI=1S/C17H17NO2/c1-12-3-8-17-16(9-12)13(10-18-17)11-20-15-6-4-14(19-2)5-7-15/h3-10,18H,11H2,1-2H3. The summed E-state index contributed by atoms with van der Waals surface area (Å²) in [5.74, 6) is 1.67. The van der Waals surface area contributed by atoms with Gasteiger partial charge >= 0.3 is 0 Å². The molecule has 1 N–H and O–H groups in total. The van der Waals surface area contributed by atoms with Gasteiger partial charge in [0, 0.05) is 22.7 Å². The second-order valence-electron chi connectivity index (χ2n) is 4.83. The number of hydrogen-bond acceptors (Lipinski definition) is 2. The van der Waals surface area contributed by atoms with Crippen LogP contribution in [-0.2, 0) is 6.61 Å². The summed E-state index contributed by atoms with van der Waals surface area (Å²) in [6.45, 7) is 2.65. The molecule has 1 aromatic heterocycles. The highest BCUT2D eigenvalue weighted by atomic mass is 16.5. The zero-order valence-corrected chi connectivity index (χ0v) is 11.6. The molecule has 3 aromatic rings. The maximum absolute atomic E-state index is 5.82. The molecule has 3 nitrogen and oxygen atoms in total. The van der Waals surface area contributed by atoms with E-state index in [2.05, 4.69) is 30.1 Å². The third-order valence-corrected chi connectivity index (χ3v) is 3.38. The minimum Gasteiger partial charge on any atom is -0.497 e. The summed E-state index contributed by atoms with van der Waals surface area (Å²) >= 11 is 0. The number of aromatic nitrogens is 1. The molecule has 0 aliphatic rings. The summed E-state index contributed by atoms with van der Waals surface area (Å²) in [6.07, 6.45) is 2.01.